The van der Waals surface area contributed by atoms with Gasteiger partial charge >= 0.3 is 11.9 Å². The van der Waals surface area contributed by atoms with Gasteiger partial charge in [-0.15, -0.1) is 11.8 Å². The first-order chi connectivity index (χ1) is 14.4. The molecule has 0 radical (unpaired) electrons. The predicted octanol–water partition coefficient (Wildman–Crippen LogP) is 3.39. The van der Waals surface area contributed by atoms with E-state index in [1.165, 1.54) is 26.0 Å². The van der Waals surface area contributed by atoms with E-state index in [1.807, 2.05) is 12.3 Å². The molecule has 2 rings (SSSR count). The molecule has 1 aromatic heterocycles. The highest BCUT2D eigenvalue weighted by atomic mass is 32.2. The van der Waals surface area contributed by atoms with Gasteiger partial charge < -0.3 is 14.0 Å². The van der Waals surface area contributed by atoms with E-state index in [-0.39, 0.29) is 24.5 Å². The Morgan fingerprint density at radius 3 is 2.00 bits per heavy atom. The average Bonchev–Trinajstić information content (AvgIpc) is 3.20. The van der Waals surface area contributed by atoms with E-state index in [4.69, 9.17) is 9.47 Å². The Labute approximate surface area is 179 Å². The molecule has 0 atom stereocenters. The molecule has 0 unspecified atom stereocenters. The van der Waals surface area contributed by atoms with Crippen LogP contribution in [0.1, 0.15) is 46.2 Å². The molecule has 160 valence electrons. The van der Waals surface area contributed by atoms with Gasteiger partial charge in [-0.25, -0.2) is 0 Å². The lowest BCUT2D eigenvalue weighted by Crippen LogP contribution is -2.28. The number of ketones is 2. The number of aromatic nitrogens is 1. The molecule has 0 spiro atoms. The summed E-state index contributed by atoms with van der Waals surface area (Å²) in [7, 11) is 2.42. The molecule has 0 bridgehead atoms. The number of thioether (sulfide) groups is 1. The first-order valence-corrected chi connectivity index (χ1v) is 10.7. The number of methoxy groups -OCH3 is 2. The van der Waals surface area contributed by atoms with Crippen LogP contribution in [0, 0.1) is 5.92 Å². The molecule has 0 aliphatic heterocycles. The quantitative estimate of drug-likeness (QED) is 0.246. The van der Waals surface area contributed by atoms with Gasteiger partial charge in [-0.1, -0.05) is 31.2 Å². The standard InChI is InChI=1S/C22H25NO6S/c1-5-18(24)14-6-8-15(9-7-14)20(25)17-10-11-19(30-4)23(17)13-12-16(21(26)28-2)22(27)29-3/h6-11,16H,5,12-13H2,1-4H3. The highest BCUT2D eigenvalue weighted by molar-refractivity contribution is 7.98. The number of nitrogens with zero attached hydrogens (tertiary/aromatic N) is 1. The number of rotatable bonds is 10. The summed E-state index contributed by atoms with van der Waals surface area (Å²) in [6.07, 6.45) is 2.41. The minimum absolute atomic E-state index is 0.0127. The summed E-state index contributed by atoms with van der Waals surface area (Å²) in [5.41, 5.74) is 1.45. The van der Waals surface area contributed by atoms with Gasteiger partial charge in [0, 0.05) is 24.1 Å². The molecular weight excluding hydrogens is 406 g/mol. The van der Waals surface area contributed by atoms with Gasteiger partial charge in [-0.05, 0) is 24.8 Å². The fraction of sp³-hybridized carbons (Fsp3) is 0.364. The van der Waals surface area contributed by atoms with Crippen molar-refractivity contribution < 1.29 is 28.7 Å². The van der Waals surface area contributed by atoms with Crippen molar-refractivity contribution in [3.8, 4) is 0 Å². The van der Waals surface area contributed by atoms with Gasteiger partial charge in [0.2, 0.25) is 5.78 Å². The fourth-order valence-electron chi connectivity index (χ4n) is 3.09. The van der Waals surface area contributed by atoms with E-state index in [0.717, 1.165) is 5.03 Å². The minimum atomic E-state index is -1.07. The number of hydrogen-bond acceptors (Lipinski definition) is 7. The summed E-state index contributed by atoms with van der Waals surface area (Å²) in [6, 6.07) is 10.1. The Kier molecular flexibility index (Phi) is 8.41. The largest absolute Gasteiger partial charge is 0.468 e. The van der Waals surface area contributed by atoms with E-state index in [1.54, 1.807) is 41.8 Å². The SMILES string of the molecule is CCC(=O)c1ccc(C(=O)c2ccc(SC)n2CCC(C(=O)OC)C(=O)OC)cc1. The second-order valence-corrected chi connectivity index (χ2v) is 7.31. The third-order valence-electron chi connectivity index (χ3n) is 4.79. The van der Waals surface area contributed by atoms with Gasteiger partial charge in [0.05, 0.1) is 24.9 Å². The highest BCUT2D eigenvalue weighted by Gasteiger charge is 2.29. The summed E-state index contributed by atoms with van der Waals surface area (Å²) in [4.78, 5) is 48.8. The highest BCUT2D eigenvalue weighted by Crippen LogP contribution is 2.24. The van der Waals surface area contributed by atoms with Crippen LogP contribution in [0.2, 0.25) is 0 Å². The first-order valence-electron chi connectivity index (χ1n) is 9.45. The Morgan fingerprint density at radius 1 is 0.933 bits per heavy atom. The molecular formula is C22H25NO6S. The average molecular weight is 432 g/mol. The maximum Gasteiger partial charge on any atom is 0.320 e. The zero-order valence-corrected chi connectivity index (χ0v) is 18.3. The Hall–Kier alpha value is -2.87. The molecule has 1 aromatic carbocycles. The summed E-state index contributed by atoms with van der Waals surface area (Å²) in [6.45, 7) is 2.04. The third kappa shape index (κ3) is 5.18. The first kappa shape index (κ1) is 23.4. The fourth-order valence-corrected chi connectivity index (χ4v) is 3.70. The predicted molar refractivity (Wildman–Crippen MR) is 113 cm³/mol. The topological polar surface area (TPSA) is 91.7 Å². The second kappa shape index (κ2) is 10.8. The van der Waals surface area contributed by atoms with Crippen molar-refractivity contribution in [2.75, 3.05) is 20.5 Å². The van der Waals surface area contributed by atoms with Crippen LogP contribution in [0.3, 0.4) is 0 Å². The van der Waals surface area contributed by atoms with E-state index >= 15 is 0 Å². The van der Waals surface area contributed by atoms with Crippen molar-refractivity contribution in [2.45, 2.75) is 31.3 Å². The zero-order valence-electron chi connectivity index (χ0n) is 17.5. The van der Waals surface area contributed by atoms with Gasteiger partial charge in [0.1, 0.15) is 0 Å². The van der Waals surface area contributed by atoms with Crippen LogP contribution in [0.15, 0.2) is 41.4 Å². The normalized spacial score (nSPS) is 10.7. The summed E-state index contributed by atoms with van der Waals surface area (Å²) < 4.78 is 11.2. The van der Waals surface area contributed by atoms with Gasteiger partial charge in [0.15, 0.2) is 11.7 Å². The molecule has 0 fully saturated rings. The lowest BCUT2D eigenvalue weighted by Gasteiger charge is -2.16. The van der Waals surface area contributed by atoms with Crippen LogP contribution < -0.4 is 0 Å². The Bertz CT molecular complexity index is 916. The number of esters is 2. The molecule has 0 saturated heterocycles. The monoisotopic (exact) mass is 431 g/mol. The molecule has 7 nitrogen and oxygen atoms in total. The van der Waals surface area contributed by atoms with Crippen LogP contribution in [-0.4, -0.2) is 48.5 Å². The van der Waals surface area contributed by atoms with E-state index in [0.29, 0.717) is 23.2 Å². The van der Waals surface area contributed by atoms with Crippen molar-refractivity contribution >= 4 is 35.3 Å². The second-order valence-electron chi connectivity index (χ2n) is 6.48. The molecule has 0 saturated carbocycles. The molecule has 8 heteroatoms. The lowest BCUT2D eigenvalue weighted by atomic mass is 10.0. The number of ether oxygens (including phenoxy) is 2. The van der Waals surface area contributed by atoms with Crippen LogP contribution in [0.5, 0.6) is 0 Å². The number of benzene rings is 1. The third-order valence-corrected chi connectivity index (χ3v) is 5.56. The van der Waals surface area contributed by atoms with E-state index < -0.39 is 17.9 Å². The van der Waals surface area contributed by atoms with Crippen molar-refractivity contribution in [3.63, 3.8) is 0 Å². The minimum Gasteiger partial charge on any atom is -0.468 e. The maximum absolute atomic E-state index is 13.1. The smallest absolute Gasteiger partial charge is 0.320 e. The van der Waals surface area contributed by atoms with Gasteiger partial charge in [-0.3, -0.25) is 19.2 Å². The van der Waals surface area contributed by atoms with Gasteiger partial charge in [0.25, 0.3) is 0 Å². The molecule has 0 aliphatic rings. The van der Waals surface area contributed by atoms with Crippen molar-refractivity contribution in [3.05, 3.63) is 53.2 Å². The molecule has 0 aliphatic carbocycles. The number of Topliss-reactive ketones (excluding diaryl/α,β-unsaturated/α-hetero) is 1. The molecule has 30 heavy (non-hydrogen) atoms. The van der Waals surface area contributed by atoms with E-state index in [2.05, 4.69) is 0 Å². The Balaban J connectivity index is 2.29. The number of hydrogen-bond donors (Lipinski definition) is 0. The van der Waals surface area contributed by atoms with Crippen molar-refractivity contribution in [1.82, 2.24) is 4.57 Å². The van der Waals surface area contributed by atoms with Crippen LogP contribution in [0.25, 0.3) is 0 Å². The summed E-state index contributed by atoms with van der Waals surface area (Å²) >= 11 is 1.45. The van der Waals surface area contributed by atoms with E-state index in [9.17, 15) is 19.2 Å². The summed E-state index contributed by atoms with van der Waals surface area (Å²) in [5.74, 6) is -2.62. The van der Waals surface area contributed by atoms with Crippen LogP contribution >= 0.6 is 11.8 Å². The number of carbonyl (C=O) groups excluding carboxylic acids is 4. The molecule has 0 amide bonds. The molecule has 2 aromatic rings. The van der Waals surface area contributed by atoms with Crippen molar-refractivity contribution in [2.24, 2.45) is 5.92 Å². The van der Waals surface area contributed by atoms with Crippen molar-refractivity contribution in [1.29, 1.82) is 0 Å². The maximum atomic E-state index is 13.1. The van der Waals surface area contributed by atoms with Gasteiger partial charge in [-0.2, -0.15) is 0 Å². The van der Waals surface area contributed by atoms with Crippen LogP contribution in [0.4, 0.5) is 0 Å². The molecule has 1 heterocycles. The Morgan fingerprint density at radius 2 is 1.50 bits per heavy atom. The number of carbonyl (C=O) groups is 4. The van der Waals surface area contributed by atoms with Crippen LogP contribution in [-0.2, 0) is 25.6 Å². The zero-order chi connectivity index (χ0) is 22.3. The molecule has 0 N–H and O–H groups in total. The summed E-state index contributed by atoms with van der Waals surface area (Å²) in [5, 5.41) is 0.824. The lowest BCUT2D eigenvalue weighted by molar-refractivity contribution is -0.159.